The van der Waals surface area contributed by atoms with Crippen LogP contribution >= 0.6 is 0 Å². The van der Waals surface area contributed by atoms with Gasteiger partial charge >= 0.3 is 0 Å². The molecular weight excluding hydrogens is 358 g/mol. The lowest BCUT2D eigenvalue weighted by molar-refractivity contribution is -0.117. The number of carbonyl (C=O) groups excluding carboxylic acids is 1. The quantitative estimate of drug-likeness (QED) is 0.629. The van der Waals surface area contributed by atoms with Gasteiger partial charge < -0.3 is 5.32 Å². The average molecular weight is 383 g/mol. The van der Waals surface area contributed by atoms with Gasteiger partial charge in [-0.15, -0.1) is 0 Å². The van der Waals surface area contributed by atoms with Crippen LogP contribution in [0, 0.1) is 5.92 Å². The van der Waals surface area contributed by atoms with Gasteiger partial charge in [-0.3, -0.25) is 14.7 Å². The number of hydrogen-bond acceptors (Lipinski definition) is 3. The lowest BCUT2D eigenvalue weighted by Gasteiger charge is -2.45. The van der Waals surface area contributed by atoms with Crippen LogP contribution in [0.4, 0.5) is 0 Å². The number of likely N-dealkylation sites (tertiary alicyclic amines) is 1. The number of nitrogens with one attached hydrogen (secondary N) is 1. The van der Waals surface area contributed by atoms with E-state index in [0.717, 1.165) is 18.7 Å². The van der Waals surface area contributed by atoms with Crippen LogP contribution in [0.25, 0.3) is 6.08 Å². The molecule has 0 unspecified atom stereocenters. The molecule has 4 rings (SSSR count). The van der Waals surface area contributed by atoms with Crippen molar-refractivity contribution in [2.75, 3.05) is 19.6 Å². The molecule has 0 spiro atoms. The van der Waals surface area contributed by atoms with Crippen molar-refractivity contribution >= 4 is 12.0 Å². The van der Waals surface area contributed by atoms with Crippen molar-refractivity contribution in [1.82, 2.24) is 15.2 Å². The first-order chi connectivity index (χ1) is 14.3. The van der Waals surface area contributed by atoms with Gasteiger partial charge in [0.05, 0.1) is 6.04 Å². The molecule has 146 valence electrons. The van der Waals surface area contributed by atoms with Gasteiger partial charge in [-0.2, -0.15) is 0 Å². The maximum absolute atomic E-state index is 12.1. The van der Waals surface area contributed by atoms with E-state index in [1.807, 2.05) is 12.1 Å². The molecule has 4 nitrogen and oxygen atoms in total. The molecule has 3 aromatic rings. The van der Waals surface area contributed by atoms with Crippen LogP contribution in [-0.2, 0) is 4.79 Å². The number of carbonyl (C=O) groups is 1. The second-order valence-corrected chi connectivity index (χ2v) is 7.41. The molecule has 0 aliphatic carbocycles. The van der Waals surface area contributed by atoms with E-state index in [1.54, 1.807) is 24.5 Å². The Hall–Kier alpha value is -3.24. The highest BCUT2D eigenvalue weighted by atomic mass is 16.1. The van der Waals surface area contributed by atoms with Crippen LogP contribution in [0.15, 0.2) is 91.3 Å². The standard InChI is InChI=1S/C25H25N3O/c29-24(14-13-20-8-7-15-26-16-20)27-17-21-18-28(19-21)25(22-9-3-1-4-10-22)23-11-5-2-6-12-23/h1-16,21,25H,17-19H2,(H,27,29)/b14-13+. The topological polar surface area (TPSA) is 45.2 Å². The molecule has 0 bridgehead atoms. The van der Waals surface area contributed by atoms with Gasteiger partial charge in [0.1, 0.15) is 0 Å². The second-order valence-electron chi connectivity index (χ2n) is 7.41. The fraction of sp³-hybridized carbons (Fsp3) is 0.200. The first-order valence-electron chi connectivity index (χ1n) is 9.99. The van der Waals surface area contributed by atoms with Gasteiger partial charge in [-0.05, 0) is 28.8 Å². The maximum Gasteiger partial charge on any atom is 0.244 e. The van der Waals surface area contributed by atoms with Crippen LogP contribution < -0.4 is 5.32 Å². The predicted molar refractivity (Wildman–Crippen MR) is 116 cm³/mol. The molecule has 1 aliphatic heterocycles. The molecule has 1 N–H and O–H groups in total. The fourth-order valence-corrected chi connectivity index (χ4v) is 3.78. The highest BCUT2D eigenvalue weighted by molar-refractivity contribution is 5.91. The molecule has 0 radical (unpaired) electrons. The van der Waals surface area contributed by atoms with Crippen LogP contribution in [-0.4, -0.2) is 35.4 Å². The summed E-state index contributed by atoms with van der Waals surface area (Å²) in [6.45, 7) is 2.64. The van der Waals surface area contributed by atoms with Crippen molar-refractivity contribution in [3.05, 3.63) is 108 Å². The highest BCUT2D eigenvalue weighted by Crippen LogP contribution is 2.33. The number of hydrogen-bond donors (Lipinski definition) is 1. The van der Waals surface area contributed by atoms with E-state index in [1.165, 1.54) is 11.1 Å². The van der Waals surface area contributed by atoms with Crippen molar-refractivity contribution < 1.29 is 4.79 Å². The zero-order chi connectivity index (χ0) is 19.9. The number of benzene rings is 2. The van der Waals surface area contributed by atoms with E-state index in [9.17, 15) is 4.79 Å². The molecule has 1 saturated heterocycles. The third-order valence-corrected chi connectivity index (χ3v) is 5.26. The molecule has 1 aliphatic rings. The van der Waals surface area contributed by atoms with Crippen molar-refractivity contribution in [2.24, 2.45) is 5.92 Å². The third kappa shape index (κ3) is 4.98. The van der Waals surface area contributed by atoms with Crippen molar-refractivity contribution in [3.8, 4) is 0 Å². The third-order valence-electron chi connectivity index (χ3n) is 5.26. The number of rotatable bonds is 7. The minimum absolute atomic E-state index is 0.0602. The van der Waals surface area contributed by atoms with E-state index in [0.29, 0.717) is 12.5 Å². The number of aromatic nitrogens is 1. The molecule has 0 atom stereocenters. The van der Waals surface area contributed by atoms with Crippen LogP contribution in [0.3, 0.4) is 0 Å². The summed E-state index contributed by atoms with van der Waals surface area (Å²) in [6.07, 6.45) is 6.82. The van der Waals surface area contributed by atoms with Crippen molar-refractivity contribution in [3.63, 3.8) is 0 Å². The molecule has 4 heteroatoms. The Morgan fingerprint density at radius 3 is 2.24 bits per heavy atom. The summed E-state index contributed by atoms with van der Waals surface area (Å²) in [4.78, 5) is 18.6. The highest BCUT2D eigenvalue weighted by Gasteiger charge is 2.33. The van der Waals surface area contributed by atoms with Crippen LogP contribution in [0.5, 0.6) is 0 Å². The summed E-state index contributed by atoms with van der Waals surface area (Å²) in [5.74, 6) is 0.413. The number of amides is 1. The van der Waals surface area contributed by atoms with Crippen molar-refractivity contribution in [2.45, 2.75) is 6.04 Å². The largest absolute Gasteiger partial charge is 0.352 e. The minimum atomic E-state index is -0.0602. The predicted octanol–water partition coefficient (Wildman–Crippen LogP) is 3.93. The van der Waals surface area contributed by atoms with Crippen LogP contribution in [0.1, 0.15) is 22.7 Å². The van der Waals surface area contributed by atoms with E-state index in [2.05, 4.69) is 75.9 Å². The first kappa shape index (κ1) is 19.1. The Bertz CT molecular complexity index is 896. The minimum Gasteiger partial charge on any atom is -0.352 e. The Labute approximate surface area is 171 Å². The summed E-state index contributed by atoms with van der Waals surface area (Å²) in [7, 11) is 0. The Morgan fingerprint density at radius 2 is 1.66 bits per heavy atom. The first-order valence-corrected chi connectivity index (χ1v) is 9.99. The van der Waals surface area contributed by atoms with E-state index >= 15 is 0 Å². The Balaban J connectivity index is 1.32. The molecule has 0 saturated carbocycles. The Kier molecular flexibility index (Phi) is 6.13. The monoisotopic (exact) mass is 383 g/mol. The average Bonchev–Trinajstić information content (AvgIpc) is 2.75. The van der Waals surface area contributed by atoms with Gasteiger partial charge in [0, 0.05) is 44.0 Å². The zero-order valence-corrected chi connectivity index (χ0v) is 16.3. The molecule has 1 aromatic heterocycles. The SMILES string of the molecule is O=C(/C=C/c1cccnc1)NCC1CN(C(c2ccccc2)c2ccccc2)C1. The van der Waals surface area contributed by atoms with E-state index < -0.39 is 0 Å². The normalized spacial score (nSPS) is 14.8. The van der Waals surface area contributed by atoms with E-state index in [-0.39, 0.29) is 11.9 Å². The molecular formula is C25H25N3O. The molecule has 1 fully saturated rings. The van der Waals surface area contributed by atoms with Gasteiger partial charge in [0.2, 0.25) is 5.91 Å². The number of nitrogens with zero attached hydrogens (tertiary/aromatic N) is 2. The van der Waals surface area contributed by atoms with Gasteiger partial charge in [0.25, 0.3) is 0 Å². The van der Waals surface area contributed by atoms with Gasteiger partial charge in [0.15, 0.2) is 0 Å². The van der Waals surface area contributed by atoms with E-state index in [4.69, 9.17) is 0 Å². The lowest BCUT2D eigenvalue weighted by Crippen LogP contribution is -2.52. The zero-order valence-electron chi connectivity index (χ0n) is 16.3. The molecule has 2 aromatic carbocycles. The maximum atomic E-state index is 12.1. The second kappa shape index (κ2) is 9.30. The molecule has 1 amide bonds. The van der Waals surface area contributed by atoms with Crippen LogP contribution in [0.2, 0.25) is 0 Å². The molecule has 2 heterocycles. The smallest absolute Gasteiger partial charge is 0.244 e. The summed E-state index contributed by atoms with van der Waals surface area (Å²) in [6, 6.07) is 25.3. The summed E-state index contributed by atoms with van der Waals surface area (Å²) < 4.78 is 0. The van der Waals surface area contributed by atoms with Crippen molar-refractivity contribution in [1.29, 1.82) is 0 Å². The summed E-state index contributed by atoms with van der Waals surface area (Å²) >= 11 is 0. The summed E-state index contributed by atoms with van der Waals surface area (Å²) in [5, 5.41) is 3.02. The fourth-order valence-electron chi connectivity index (χ4n) is 3.78. The Morgan fingerprint density at radius 1 is 1.00 bits per heavy atom. The summed E-state index contributed by atoms with van der Waals surface area (Å²) in [5.41, 5.74) is 3.53. The lowest BCUT2D eigenvalue weighted by atomic mass is 9.90. The number of pyridine rings is 1. The van der Waals surface area contributed by atoms with Gasteiger partial charge in [-0.1, -0.05) is 66.7 Å². The van der Waals surface area contributed by atoms with Gasteiger partial charge in [-0.25, -0.2) is 0 Å². The molecule has 29 heavy (non-hydrogen) atoms.